The Bertz CT molecular complexity index is 481. The fourth-order valence-corrected chi connectivity index (χ4v) is 1.89. The van der Waals surface area contributed by atoms with Crippen molar-refractivity contribution in [3.63, 3.8) is 0 Å². The number of ether oxygens (including phenoxy) is 1. The lowest BCUT2D eigenvalue weighted by Crippen LogP contribution is -2.38. The van der Waals surface area contributed by atoms with Gasteiger partial charge >= 0.3 is 6.61 Å². The third-order valence-corrected chi connectivity index (χ3v) is 3.13. The summed E-state index contributed by atoms with van der Waals surface area (Å²) in [6.45, 7) is 3.03. The Morgan fingerprint density at radius 2 is 2.00 bits per heavy atom. The highest BCUT2D eigenvalue weighted by Crippen LogP contribution is 2.15. The van der Waals surface area contributed by atoms with Crippen molar-refractivity contribution in [1.29, 1.82) is 0 Å². The molecule has 0 radical (unpaired) electrons. The van der Waals surface area contributed by atoms with Gasteiger partial charge in [-0.1, -0.05) is 19.1 Å². The van der Waals surface area contributed by atoms with Crippen LogP contribution in [0.25, 0.3) is 0 Å². The van der Waals surface area contributed by atoms with Gasteiger partial charge in [0.15, 0.2) is 5.96 Å². The second kappa shape index (κ2) is 9.99. The Balaban J connectivity index is 2.68. The van der Waals surface area contributed by atoms with Gasteiger partial charge in [0.2, 0.25) is 0 Å². The Morgan fingerprint density at radius 1 is 1.35 bits per heavy atom. The zero-order valence-corrected chi connectivity index (χ0v) is 13.8. The van der Waals surface area contributed by atoms with E-state index in [0.29, 0.717) is 13.1 Å². The van der Waals surface area contributed by atoms with Crippen molar-refractivity contribution in [2.45, 2.75) is 27.0 Å². The van der Waals surface area contributed by atoms with Crippen LogP contribution in [-0.4, -0.2) is 49.3 Å². The van der Waals surface area contributed by atoms with Crippen molar-refractivity contribution in [2.75, 3.05) is 26.7 Å². The first kappa shape index (κ1) is 19.2. The van der Waals surface area contributed by atoms with Crippen LogP contribution in [0, 0.1) is 5.92 Å². The first-order valence-corrected chi connectivity index (χ1v) is 7.60. The minimum Gasteiger partial charge on any atom is -0.435 e. The third-order valence-electron chi connectivity index (χ3n) is 3.13. The summed E-state index contributed by atoms with van der Waals surface area (Å²) in [6.07, 6.45) is 0. The summed E-state index contributed by atoms with van der Waals surface area (Å²) < 4.78 is 28.6. The maximum atomic E-state index is 12.1. The SMILES string of the molecule is CCNC(=NCC(C)CO)N(C)Cc1ccc(OC(F)F)cc1. The standard InChI is InChI=1S/C16H25F2N3O2/c1-4-19-16(20-9-12(2)11-22)21(3)10-13-5-7-14(8-6-13)23-15(17)18/h5-8,12,15,22H,4,9-11H2,1-3H3,(H,19,20). The molecule has 0 aliphatic heterocycles. The monoisotopic (exact) mass is 329 g/mol. The highest BCUT2D eigenvalue weighted by Gasteiger charge is 2.09. The number of alkyl halides is 2. The number of nitrogens with one attached hydrogen (secondary N) is 1. The highest BCUT2D eigenvalue weighted by molar-refractivity contribution is 5.79. The van der Waals surface area contributed by atoms with Gasteiger partial charge in [-0.2, -0.15) is 8.78 Å². The lowest BCUT2D eigenvalue weighted by Gasteiger charge is -2.22. The summed E-state index contributed by atoms with van der Waals surface area (Å²) in [5.74, 6) is 0.979. The molecule has 0 spiro atoms. The van der Waals surface area contributed by atoms with Gasteiger partial charge in [-0.05, 0) is 30.5 Å². The molecule has 0 bridgehead atoms. The molecule has 1 rings (SSSR count). The lowest BCUT2D eigenvalue weighted by atomic mass is 10.2. The molecule has 130 valence electrons. The molecule has 0 saturated carbocycles. The zero-order chi connectivity index (χ0) is 17.2. The van der Waals surface area contributed by atoms with Crippen LogP contribution in [0.3, 0.4) is 0 Å². The van der Waals surface area contributed by atoms with E-state index in [9.17, 15) is 8.78 Å². The number of halogens is 2. The van der Waals surface area contributed by atoms with Crippen molar-refractivity contribution in [1.82, 2.24) is 10.2 Å². The van der Waals surface area contributed by atoms with Crippen LogP contribution in [0.4, 0.5) is 8.78 Å². The second-order valence-corrected chi connectivity index (χ2v) is 5.36. The van der Waals surface area contributed by atoms with Crippen LogP contribution >= 0.6 is 0 Å². The second-order valence-electron chi connectivity index (χ2n) is 5.36. The molecule has 0 fully saturated rings. The Morgan fingerprint density at radius 3 is 2.52 bits per heavy atom. The van der Waals surface area contributed by atoms with Crippen molar-refractivity contribution >= 4 is 5.96 Å². The molecule has 0 saturated heterocycles. The molecule has 7 heteroatoms. The average Bonchev–Trinajstić information content (AvgIpc) is 2.52. The van der Waals surface area contributed by atoms with Gasteiger partial charge in [-0.3, -0.25) is 4.99 Å². The Labute approximate surface area is 136 Å². The first-order valence-electron chi connectivity index (χ1n) is 7.60. The van der Waals surface area contributed by atoms with Crippen molar-refractivity contribution in [3.05, 3.63) is 29.8 Å². The van der Waals surface area contributed by atoms with E-state index in [-0.39, 0.29) is 18.3 Å². The van der Waals surface area contributed by atoms with E-state index in [1.165, 1.54) is 12.1 Å². The largest absolute Gasteiger partial charge is 0.435 e. The van der Waals surface area contributed by atoms with Gasteiger partial charge < -0.3 is 20.1 Å². The average molecular weight is 329 g/mol. The quantitative estimate of drug-likeness (QED) is 0.568. The molecule has 23 heavy (non-hydrogen) atoms. The van der Waals surface area contributed by atoms with Crippen LogP contribution < -0.4 is 10.1 Å². The van der Waals surface area contributed by atoms with Crippen LogP contribution in [0.1, 0.15) is 19.4 Å². The minimum absolute atomic E-state index is 0.0955. The molecule has 1 atom stereocenters. The number of nitrogens with zero attached hydrogens (tertiary/aromatic N) is 2. The minimum atomic E-state index is -2.82. The molecule has 0 aliphatic rings. The number of aliphatic imine (C=N–C) groups is 1. The molecule has 0 aliphatic carbocycles. The van der Waals surface area contributed by atoms with Gasteiger partial charge in [0.1, 0.15) is 5.75 Å². The summed E-state index contributed by atoms with van der Waals surface area (Å²) in [4.78, 5) is 6.43. The molecule has 0 amide bonds. The van der Waals surface area contributed by atoms with E-state index in [2.05, 4.69) is 15.0 Å². The number of benzene rings is 1. The third kappa shape index (κ3) is 7.27. The maximum absolute atomic E-state index is 12.1. The molecular weight excluding hydrogens is 304 g/mol. The topological polar surface area (TPSA) is 57.1 Å². The summed E-state index contributed by atoms with van der Waals surface area (Å²) in [5.41, 5.74) is 0.954. The first-order chi connectivity index (χ1) is 11.0. The van der Waals surface area contributed by atoms with Crippen molar-refractivity contribution in [3.8, 4) is 5.75 Å². The summed E-state index contributed by atoms with van der Waals surface area (Å²) in [5, 5.41) is 12.3. The van der Waals surface area contributed by atoms with Crippen LogP contribution in [0.15, 0.2) is 29.3 Å². The number of aliphatic hydroxyl groups excluding tert-OH is 1. The van der Waals surface area contributed by atoms with E-state index in [1.54, 1.807) is 12.1 Å². The van der Waals surface area contributed by atoms with Gasteiger partial charge in [-0.25, -0.2) is 0 Å². The normalized spacial score (nSPS) is 13.1. The number of hydrogen-bond acceptors (Lipinski definition) is 3. The van der Waals surface area contributed by atoms with E-state index in [0.717, 1.165) is 18.1 Å². The number of aliphatic hydroxyl groups is 1. The van der Waals surface area contributed by atoms with Crippen LogP contribution in [0.5, 0.6) is 5.75 Å². The molecule has 1 aromatic rings. The van der Waals surface area contributed by atoms with E-state index in [4.69, 9.17) is 5.11 Å². The number of hydrogen-bond donors (Lipinski definition) is 2. The fourth-order valence-electron chi connectivity index (χ4n) is 1.89. The number of guanidine groups is 1. The predicted molar refractivity (Wildman–Crippen MR) is 86.8 cm³/mol. The molecule has 2 N–H and O–H groups in total. The molecular formula is C16H25F2N3O2. The fraction of sp³-hybridized carbons (Fsp3) is 0.562. The maximum Gasteiger partial charge on any atom is 0.387 e. The van der Waals surface area contributed by atoms with Crippen molar-refractivity contribution < 1.29 is 18.6 Å². The number of rotatable bonds is 8. The van der Waals surface area contributed by atoms with E-state index >= 15 is 0 Å². The summed E-state index contributed by atoms with van der Waals surface area (Å²) in [7, 11) is 1.90. The zero-order valence-electron chi connectivity index (χ0n) is 13.8. The molecule has 1 unspecified atom stereocenters. The predicted octanol–water partition coefficient (Wildman–Crippen LogP) is 2.31. The van der Waals surface area contributed by atoms with Gasteiger partial charge in [0.05, 0.1) is 0 Å². The molecule has 5 nitrogen and oxygen atoms in total. The smallest absolute Gasteiger partial charge is 0.387 e. The summed E-state index contributed by atoms with van der Waals surface area (Å²) >= 11 is 0. The van der Waals surface area contributed by atoms with E-state index in [1.807, 2.05) is 25.8 Å². The van der Waals surface area contributed by atoms with Gasteiger partial charge in [-0.15, -0.1) is 0 Å². The Kier molecular flexibility index (Phi) is 8.32. The van der Waals surface area contributed by atoms with Crippen LogP contribution in [-0.2, 0) is 6.54 Å². The lowest BCUT2D eigenvalue weighted by molar-refractivity contribution is -0.0498. The highest BCUT2D eigenvalue weighted by atomic mass is 19.3. The molecule has 0 aromatic heterocycles. The van der Waals surface area contributed by atoms with Crippen LogP contribution in [0.2, 0.25) is 0 Å². The summed E-state index contributed by atoms with van der Waals surface area (Å²) in [6, 6.07) is 6.53. The molecule has 1 aromatic carbocycles. The molecule has 0 heterocycles. The van der Waals surface area contributed by atoms with E-state index < -0.39 is 6.61 Å². The van der Waals surface area contributed by atoms with Gasteiger partial charge in [0.25, 0.3) is 0 Å². The Hall–Kier alpha value is -1.89. The van der Waals surface area contributed by atoms with Crippen molar-refractivity contribution in [2.24, 2.45) is 10.9 Å². The van der Waals surface area contributed by atoms with Gasteiger partial charge in [0, 0.05) is 33.3 Å².